The van der Waals surface area contributed by atoms with Crippen LogP contribution >= 0.6 is 7.82 Å². The number of carbonyl (C=O) groups is 2. The zero-order valence-corrected chi connectivity index (χ0v) is 28.6. The van der Waals surface area contributed by atoms with E-state index in [0.717, 1.165) is 38.5 Å². The second-order valence-corrected chi connectivity index (χ2v) is 12.0. The summed E-state index contributed by atoms with van der Waals surface area (Å²) in [5.41, 5.74) is 0. The Bertz CT molecular complexity index is 999. The molecule has 0 aliphatic carbocycles. The zero-order chi connectivity index (χ0) is 34.1. The van der Waals surface area contributed by atoms with Crippen LogP contribution in [0.4, 0.5) is 0 Å². The van der Waals surface area contributed by atoms with E-state index >= 15 is 0 Å². The number of aliphatic hydroxyl groups is 2. The Hall–Kier alpha value is -2.59. The fourth-order valence-corrected chi connectivity index (χ4v) is 4.44. The molecule has 3 N–H and O–H groups in total. The first-order chi connectivity index (χ1) is 22.2. The minimum atomic E-state index is -4.63. The van der Waals surface area contributed by atoms with Crippen molar-refractivity contribution in [3.05, 3.63) is 72.9 Å². The van der Waals surface area contributed by atoms with Crippen molar-refractivity contribution >= 4 is 19.8 Å². The summed E-state index contributed by atoms with van der Waals surface area (Å²) in [6.45, 7) is 2.03. The van der Waals surface area contributed by atoms with E-state index in [0.29, 0.717) is 19.3 Å². The van der Waals surface area contributed by atoms with Gasteiger partial charge in [-0.15, -0.1) is 0 Å². The first-order valence-corrected chi connectivity index (χ1v) is 18.0. The van der Waals surface area contributed by atoms with Crippen LogP contribution in [0.1, 0.15) is 97.3 Å². The van der Waals surface area contributed by atoms with Crippen LogP contribution in [-0.4, -0.2) is 65.7 Å². The summed E-state index contributed by atoms with van der Waals surface area (Å²) < 4.78 is 32.3. The molecule has 0 saturated carbocycles. The molecule has 0 spiro atoms. The average Bonchev–Trinajstić information content (AvgIpc) is 3.04. The number of aliphatic hydroxyl groups excluding tert-OH is 2. The summed E-state index contributed by atoms with van der Waals surface area (Å²) in [4.78, 5) is 34.6. The number of unbranched alkanes of at least 4 members (excludes halogenated alkanes) is 7. The van der Waals surface area contributed by atoms with Crippen LogP contribution in [0.5, 0.6) is 0 Å². The summed E-state index contributed by atoms with van der Waals surface area (Å²) in [6, 6.07) is 0. The van der Waals surface area contributed by atoms with Gasteiger partial charge < -0.3 is 24.6 Å². The summed E-state index contributed by atoms with van der Waals surface area (Å²) >= 11 is 0. The van der Waals surface area contributed by atoms with Crippen LogP contribution in [0.15, 0.2) is 72.9 Å². The summed E-state index contributed by atoms with van der Waals surface area (Å²) in [7, 11) is -4.63. The van der Waals surface area contributed by atoms with Crippen LogP contribution in [0.25, 0.3) is 0 Å². The van der Waals surface area contributed by atoms with E-state index < -0.39 is 51.8 Å². The van der Waals surface area contributed by atoms with Gasteiger partial charge in [0.15, 0.2) is 6.10 Å². The molecule has 46 heavy (non-hydrogen) atoms. The lowest BCUT2D eigenvalue weighted by molar-refractivity contribution is -0.161. The molecule has 0 bridgehead atoms. The van der Waals surface area contributed by atoms with E-state index in [1.54, 1.807) is 0 Å². The number of esters is 2. The molecule has 262 valence electrons. The molecule has 0 aliphatic heterocycles. The highest BCUT2D eigenvalue weighted by Crippen LogP contribution is 2.43. The maximum Gasteiger partial charge on any atom is 0.472 e. The van der Waals surface area contributed by atoms with Crippen molar-refractivity contribution in [2.24, 2.45) is 0 Å². The largest absolute Gasteiger partial charge is 0.472 e. The maximum absolute atomic E-state index is 12.4. The normalized spacial score (nSPS) is 15.2. The molecule has 3 atom stereocenters. The number of hydrogen-bond acceptors (Lipinski definition) is 9. The molecule has 0 aromatic carbocycles. The standard InChI is InChI=1S/C35H57O10P/c1-3-5-7-9-11-13-15-16-17-19-21-23-25-27-35(39)45-33(31-44-46(40,41)43-29-32(37)28-36)30-42-34(38)26-24-22-20-18-14-12-10-8-6-4-2/h5,7,9-13,15-17,19,21,32-33,36-37H,3-4,6,8,14,18,20,22-31H2,1-2H3,(H,40,41)/b7-5+,11-9+,12-10+,15-13+,17-16+,21-19+/t32-,33?/m0/s1. The molecule has 0 rings (SSSR count). The number of phosphoric ester groups is 1. The van der Waals surface area contributed by atoms with Gasteiger partial charge in [-0.05, 0) is 44.9 Å². The number of hydrogen-bond donors (Lipinski definition) is 3. The molecule has 0 aliphatic rings. The molecule has 0 saturated heterocycles. The topological polar surface area (TPSA) is 149 Å². The van der Waals surface area contributed by atoms with Crippen LogP contribution in [0, 0.1) is 0 Å². The molecule has 0 radical (unpaired) electrons. The number of phosphoric acid groups is 1. The highest BCUT2D eigenvalue weighted by atomic mass is 31.2. The molecule has 0 heterocycles. The Balaban J connectivity index is 4.64. The lowest BCUT2D eigenvalue weighted by atomic mass is 10.1. The predicted octanol–water partition coefficient (Wildman–Crippen LogP) is 7.38. The Morgan fingerprint density at radius 3 is 1.89 bits per heavy atom. The fourth-order valence-electron chi connectivity index (χ4n) is 3.65. The fraction of sp³-hybridized carbons (Fsp3) is 0.600. The molecular formula is C35H57O10P. The van der Waals surface area contributed by atoms with E-state index in [2.05, 4.69) is 36.6 Å². The number of ether oxygens (including phenoxy) is 2. The van der Waals surface area contributed by atoms with E-state index in [1.165, 1.54) is 12.8 Å². The Kier molecular flexibility index (Phi) is 29.3. The quantitative estimate of drug-likeness (QED) is 0.0242. The van der Waals surface area contributed by atoms with Gasteiger partial charge in [-0.2, -0.15) is 0 Å². The van der Waals surface area contributed by atoms with Crippen LogP contribution in [0.3, 0.4) is 0 Å². The van der Waals surface area contributed by atoms with Gasteiger partial charge in [-0.1, -0.05) is 112 Å². The lowest BCUT2D eigenvalue weighted by Gasteiger charge is -2.20. The lowest BCUT2D eigenvalue weighted by Crippen LogP contribution is -2.29. The van der Waals surface area contributed by atoms with Crippen LogP contribution in [-0.2, 0) is 32.7 Å². The third kappa shape index (κ3) is 30.1. The third-order valence-electron chi connectivity index (χ3n) is 6.22. The minimum Gasteiger partial charge on any atom is -0.462 e. The SMILES string of the molecule is CC/C=C/C=C/C=C/C=C/C=C/CCCC(=O)OC(COC(=O)CCCCCC/C=C/CCCC)COP(=O)(O)OC[C@@H](O)CO. The minimum absolute atomic E-state index is 0.0816. The third-order valence-corrected chi connectivity index (χ3v) is 7.17. The summed E-state index contributed by atoms with van der Waals surface area (Å²) in [5, 5.41) is 18.2. The van der Waals surface area contributed by atoms with Gasteiger partial charge in [0.1, 0.15) is 12.7 Å². The smallest absolute Gasteiger partial charge is 0.462 e. The van der Waals surface area contributed by atoms with E-state index in [1.807, 2.05) is 54.7 Å². The van der Waals surface area contributed by atoms with Crippen molar-refractivity contribution in [2.75, 3.05) is 26.4 Å². The van der Waals surface area contributed by atoms with E-state index in [-0.39, 0.29) is 19.4 Å². The number of carbonyl (C=O) groups excluding carboxylic acids is 2. The van der Waals surface area contributed by atoms with Crippen molar-refractivity contribution in [1.82, 2.24) is 0 Å². The van der Waals surface area contributed by atoms with Gasteiger partial charge in [0, 0.05) is 12.8 Å². The monoisotopic (exact) mass is 668 g/mol. The Morgan fingerprint density at radius 1 is 0.674 bits per heavy atom. The molecule has 2 unspecified atom stereocenters. The van der Waals surface area contributed by atoms with E-state index in [4.69, 9.17) is 19.1 Å². The van der Waals surface area contributed by atoms with Crippen molar-refractivity contribution in [2.45, 2.75) is 110 Å². The van der Waals surface area contributed by atoms with Crippen molar-refractivity contribution in [3.8, 4) is 0 Å². The molecule has 10 nitrogen and oxygen atoms in total. The second kappa shape index (κ2) is 31.0. The number of rotatable bonds is 29. The first kappa shape index (κ1) is 43.4. The van der Waals surface area contributed by atoms with Gasteiger partial charge in [0.05, 0.1) is 19.8 Å². The van der Waals surface area contributed by atoms with Crippen molar-refractivity contribution in [1.29, 1.82) is 0 Å². The summed E-state index contributed by atoms with van der Waals surface area (Å²) in [5.74, 6) is -1.04. The van der Waals surface area contributed by atoms with Gasteiger partial charge in [0.2, 0.25) is 0 Å². The molecule has 11 heteroatoms. The molecule has 0 fully saturated rings. The highest BCUT2D eigenvalue weighted by molar-refractivity contribution is 7.47. The molecule has 0 amide bonds. The Morgan fingerprint density at radius 2 is 1.24 bits per heavy atom. The highest BCUT2D eigenvalue weighted by Gasteiger charge is 2.27. The molecule has 0 aromatic rings. The second-order valence-electron chi connectivity index (χ2n) is 10.6. The van der Waals surface area contributed by atoms with Gasteiger partial charge in [0.25, 0.3) is 0 Å². The van der Waals surface area contributed by atoms with Gasteiger partial charge in [-0.3, -0.25) is 18.6 Å². The average molecular weight is 669 g/mol. The maximum atomic E-state index is 12.4. The molecule has 0 aromatic heterocycles. The first-order valence-electron chi connectivity index (χ1n) is 16.5. The van der Waals surface area contributed by atoms with Gasteiger partial charge in [-0.25, -0.2) is 4.57 Å². The Labute approximate surface area is 276 Å². The summed E-state index contributed by atoms with van der Waals surface area (Å²) in [6.07, 6.45) is 31.9. The van der Waals surface area contributed by atoms with Crippen LogP contribution < -0.4 is 0 Å². The van der Waals surface area contributed by atoms with Gasteiger partial charge >= 0.3 is 19.8 Å². The zero-order valence-electron chi connectivity index (χ0n) is 27.8. The molecular weight excluding hydrogens is 611 g/mol. The van der Waals surface area contributed by atoms with Crippen molar-refractivity contribution in [3.63, 3.8) is 0 Å². The van der Waals surface area contributed by atoms with E-state index in [9.17, 15) is 24.2 Å². The predicted molar refractivity (Wildman–Crippen MR) is 182 cm³/mol. The van der Waals surface area contributed by atoms with Crippen LogP contribution in [0.2, 0.25) is 0 Å². The van der Waals surface area contributed by atoms with Crippen molar-refractivity contribution < 1.29 is 47.8 Å². The number of allylic oxidation sites excluding steroid dienone is 12.